The zero-order valence-corrected chi connectivity index (χ0v) is 12.4. The van der Waals surface area contributed by atoms with Crippen LogP contribution in [-0.4, -0.2) is 9.78 Å². The lowest BCUT2D eigenvalue weighted by Gasteiger charge is -2.05. The number of nitrogens with zero attached hydrogens (tertiary/aromatic N) is 2. The lowest BCUT2D eigenvalue weighted by Crippen LogP contribution is -1.98. The molecule has 0 fully saturated rings. The highest BCUT2D eigenvalue weighted by molar-refractivity contribution is 6.33. The maximum atomic E-state index is 13.2. The van der Waals surface area contributed by atoms with Gasteiger partial charge in [-0.25, -0.2) is 4.39 Å². The van der Waals surface area contributed by atoms with E-state index in [4.69, 9.17) is 33.4 Å². The van der Waals surface area contributed by atoms with Crippen LogP contribution in [-0.2, 0) is 7.05 Å². The molecule has 0 saturated carbocycles. The van der Waals surface area contributed by atoms with E-state index in [1.165, 1.54) is 16.8 Å². The number of aromatic nitrogens is 2. The predicted molar refractivity (Wildman–Crippen MR) is 80.7 cm³/mol. The van der Waals surface area contributed by atoms with Crippen LogP contribution in [0.2, 0.25) is 10.2 Å². The van der Waals surface area contributed by atoms with Gasteiger partial charge in [0.25, 0.3) is 0 Å². The van der Waals surface area contributed by atoms with Crippen LogP contribution >= 0.6 is 23.2 Å². The van der Waals surface area contributed by atoms with Crippen molar-refractivity contribution in [2.75, 3.05) is 5.73 Å². The molecule has 0 unspecified atom stereocenters. The molecule has 3 aromatic rings. The van der Waals surface area contributed by atoms with Crippen LogP contribution < -0.4 is 5.73 Å². The van der Waals surface area contributed by atoms with Crippen molar-refractivity contribution in [2.45, 2.75) is 0 Å². The Morgan fingerprint density at radius 3 is 2.62 bits per heavy atom. The van der Waals surface area contributed by atoms with Crippen LogP contribution in [0.15, 0.2) is 34.7 Å². The summed E-state index contributed by atoms with van der Waals surface area (Å²) < 4.78 is 20.1. The highest BCUT2D eigenvalue weighted by atomic mass is 35.5. The van der Waals surface area contributed by atoms with E-state index in [1.807, 2.05) is 0 Å². The van der Waals surface area contributed by atoms with Crippen molar-refractivity contribution < 1.29 is 8.81 Å². The zero-order valence-electron chi connectivity index (χ0n) is 10.9. The van der Waals surface area contributed by atoms with Gasteiger partial charge in [0.15, 0.2) is 11.0 Å². The number of hydrogen-bond acceptors (Lipinski definition) is 3. The molecule has 0 spiro atoms. The summed E-state index contributed by atoms with van der Waals surface area (Å²) in [5, 5.41) is 4.81. The van der Waals surface area contributed by atoms with Gasteiger partial charge in [-0.1, -0.05) is 11.6 Å². The molecule has 2 N–H and O–H groups in total. The molecule has 1 aromatic carbocycles. The Hall–Kier alpha value is -1.98. The third-order valence-electron chi connectivity index (χ3n) is 3.10. The van der Waals surface area contributed by atoms with Crippen LogP contribution in [0, 0.1) is 5.82 Å². The molecule has 0 aliphatic heterocycles. The average molecular weight is 326 g/mol. The molecule has 3 rings (SSSR count). The van der Waals surface area contributed by atoms with Gasteiger partial charge in [-0.3, -0.25) is 4.68 Å². The Kier molecular flexibility index (Phi) is 3.39. The van der Waals surface area contributed by atoms with Crippen molar-refractivity contribution in [3.63, 3.8) is 0 Å². The molecule has 0 aliphatic carbocycles. The van der Waals surface area contributed by atoms with Crippen LogP contribution in [0.4, 0.5) is 10.2 Å². The first-order valence-corrected chi connectivity index (χ1v) is 6.76. The molecule has 4 nitrogen and oxygen atoms in total. The number of rotatable bonds is 2. The van der Waals surface area contributed by atoms with Gasteiger partial charge in [0.2, 0.25) is 0 Å². The topological polar surface area (TPSA) is 57.0 Å². The molecule has 7 heteroatoms. The average Bonchev–Trinajstić information content (AvgIpc) is 2.96. The van der Waals surface area contributed by atoms with E-state index < -0.39 is 5.82 Å². The largest absolute Gasteiger partial charge is 0.443 e. The van der Waals surface area contributed by atoms with Crippen molar-refractivity contribution in [2.24, 2.45) is 7.05 Å². The summed E-state index contributed by atoms with van der Waals surface area (Å²) in [5.41, 5.74) is 7.71. The molecule has 108 valence electrons. The van der Waals surface area contributed by atoms with E-state index in [-0.39, 0.29) is 10.2 Å². The third-order valence-corrected chi connectivity index (χ3v) is 3.61. The molecule has 0 aliphatic rings. The number of furan rings is 1. The lowest BCUT2D eigenvalue weighted by molar-refractivity contribution is 0.580. The van der Waals surface area contributed by atoms with E-state index in [0.717, 1.165) is 0 Å². The Bertz CT molecular complexity index is 826. The van der Waals surface area contributed by atoms with Gasteiger partial charge in [0.1, 0.15) is 17.3 Å². The fourth-order valence-corrected chi connectivity index (χ4v) is 2.52. The molecular formula is C14H10Cl2FN3O. The SMILES string of the molecule is Cn1nc(-c2ccc(Cl)o2)c(-c2ccc(F)cc2Cl)c1N. The van der Waals surface area contributed by atoms with Crippen LogP contribution in [0.1, 0.15) is 0 Å². The number of halogens is 3. The van der Waals surface area contributed by atoms with Gasteiger partial charge in [0.05, 0.1) is 10.6 Å². The zero-order chi connectivity index (χ0) is 15.1. The van der Waals surface area contributed by atoms with E-state index in [9.17, 15) is 4.39 Å². The monoisotopic (exact) mass is 325 g/mol. The second-order valence-electron chi connectivity index (χ2n) is 4.46. The number of nitrogen functional groups attached to an aromatic ring is 1. The van der Waals surface area contributed by atoms with Gasteiger partial charge in [0, 0.05) is 12.6 Å². The van der Waals surface area contributed by atoms with Crippen LogP contribution in [0.3, 0.4) is 0 Å². The maximum Gasteiger partial charge on any atom is 0.194 e. The Balaban J connectivity index is 2.26. The molecule has 0 bridgehead atoms. The molecule has 21 heavy (non-hydrogen) atoms. The Labute approximate surface area is 129 Å². The molecule has 2 aromatic heterocycles. The van der Waals surface area contributed by atoms with E-state index >= 15 is 0 Å². The van der Waals surface area contributed by atoms with Crippen molar-refractivity contribution in [3.8, 4) is 22.6 Å². The summed E-state index contributed by atoms with van der Waals surface area (Å²) in [7, 11) is 1.70. The number of aryl methyl sites for hydroxylation is 1. The van der Waals surface area contributed by atoms with Gasteiger partial charge in [-0.15, -0.1) is 0 Å². The van der Waals surface area contributed by atoms with Crippen molar-refractivity contribution in [3.05, 3.63) is 46.4 Å². The Morgan fingerprint density at radius 1 is 1.24 bits per heavy atom. The number of nitrogens with two attached hydrogens (primary N) is 1. The molecule has 0 saturated heterocycles. The first-order valence-electron chi connectivity index (χ1n) is 6.01. The summed E-state index contributed by atoms with van der Waals surface area (Å²) in [5.74, 6) is 0.433. The van der Waals surface area contributed by atoms with E-state index in [2.05, 4.69) is 5.10 Å². The lowest BCUT2D eigenvalue weighted by atomic mass is 10.0. The molecule has 0 amide bonds. The minimum Gasteiger partial charge on any atom is -0.443 e. The van der Waals surface area contributed by atoms with Crippen molar-refractivity contribution in [1.82, 2.24) is 9.78 Å². The molecular weight excluding hydrogens is 316 g/mol. The molecule has 2 heterocycles. The smallest absolute Gasteiger partial charge is 0.194 e. The number of benzene rings is 1. The van der Waals surface area contributed by atoms with Gasteiger partial charge >= 0.3 is 0 Å². The van der Waals surface area contributed by atoms with Crippen molar-refractivity contribution >= 4 is 29.0 Å². The third kappa shape index (κ3) is 2.39. The first kappa shape index (κ1) is 14.0. The Morgan fingerprint density at radius 2 is 2.00 bits per heavy atom. The second kappa shape index (κ2) is 5.09. The van der Waals surface area contributed by atoms with E-state index in [0.29, 0.717) is 28.4 Å². The van der Waals surface area contributed by atoms with Crippen molar-refractivity contribution in [1.29, 1.82) is 0 Å². The fourth-order valence-electron chi connectivity index (χ4n) is 2.11. The molecule has 0 atom stereocenters. The summed E-state index contributed by atoms with van der Waals surface area (Å²) in [4.78, 5) is 0. The van der Waals surface area contributed by atoms with Gasteiger partial charge < -0.3 is 10.2 Å². The predicted octanol–water partition coefficient (Wildman–Crippen LogP) is 4.38. The number of hydrogen-bond donors (Lipinski definition) is 1. The molecule has 0 radical (unpaired) electrons. The highest BCUT2D eigenvalue weighted by Crippen LogP contribution is 2.40. The minimum atomic E-state index is -0.422. The summed E-state index contributed by atoms with van der Waals surface area (Å²) in [6.07, 6.45) is 0. The second-order valence-corrected chi connectivity index (χ2v) is 5.24. The normalized spacial score (nSPS) is 11.0. The summed E-state index contributed by atoms with van der Waals surface area (Å²) in [6.45, 7) is 0. The number of anilines is 1. The quantitative estimate of drug-likeness (QED) is 0.760. The first-order chi connectivity index (χ1) is 9.97. The maximum absolute atomic E-state index is 13.2. The standard InChI is InChI=1S/C14H10Cl2FN3O/c1-20-14(18)12(8-3-2-7(17)6-9(8)15)13(19-20)10-4-5-11(16)21-10/h2-6H,18H2,1H3. The van der Waals surface area contributed by atoms with E-state index in [1.54, 1.807) is 25.2 Å². The van der Waals surface area contributed by atoms with Crippen LogP contribution in [0.5, 0.6) is 0 Å². The summed E-state index contributed by atoms with van der Waals surface area (Å²) in [6, 6.07) is 7.39. The van der Waals surface area contributed by atoms with Gasteiger partial charge in [-0.05, 0) is 41.9 Å². The fraction of sp³-hybridized carbons (Fsp3) is 0.0714. The summed E-state index contributed by atoms with van der Waals surface area (Å²) >= 11 is 11.9. The highest BCUT2D eigenvalue weighted by Gasteiger charge is 2.21. The van der Waals surface area contributed by atoms with Crippen LogP contribution in [0.25, 0.3) is 22.6 Å². The minimum absolute atomic E-state index is 0.241. The van der Waals surface area contributed by atoms with Gasteiger partial charge in [-0.2, -0.15) is 5.10 Å².